The van der Waals surface area contributed by atoms with Gasteiger partial charge in [0.05, 0.1) is 10.3 Å². The van der Waals surface area contributed by atoms with Crippen LogP contribution in [0.1, 0.15) is 24.9 Å². The standard InChI is InChI=1S/C14H15NOS2/c1-9-7-13(12-5-6-17-14(12)18-9)15-10-3-2-4-11(16)8-10/h2-6,8-9,13,15-16H,7H2,1H3/t9-,13?/m0/s1. The Bertz CT molecular complexity index is 552. The van der Waals surface area contributed by atoms with Crippen molar-refractivity contribution in [3.63, 3.8) is 0 Å². The smallest absolute Gasteiger partial charge is 0.117 e. The molecule has 0 spiro atoms. The Morgan fingerprint density at radius 2 is 2.22 bits per heavy atom. The van der Waals surface area contributed by atoms with Crippen molar-refractivity contribution in [2.75, 3.05) is 5.32 Å². The van der Waals surface area contributed by atoms with Gasteiger partial charge in [-0.2, -0.15) is 0 Å². The van der Waals surface area contributed by atoms with Gasteiger partial charge in [-0.3, -0.25) is 0 Å². The average Bonchev–Trinajstić information content (AvgIpc) is 2.77. The van der Waals surface area contributed by atoms with E-state index < -0.39 is 0 Å². The molecule has 0 amide bonds. The van der Waals surface area contributed by atoms with Crippen molar-refractivity contribution in [3.8, 4) is 5.75 Å². The molecule has 2 heterocycles. The first-order chi connectivity index (χ1) is 8.72. The van der Waals surface area contributed by atoms with E-state index in [1.54, 1.807) is 12.1 Å². The molecule has 0 fully saturated rings. The topological polar surface area (TPSA) is 32.3 Å². The van der Waals surface area contributed by atoms with Crippen molar-refractivity contribution in [2.24, 2.45) is 0 Å². The van der Waals surface area contributed by atoms with E-state index in [2.05, 4.69) is 23.7 Å². The Morgan fingerprint density at radius 1 is 1.33 bits per heavy atom. The molecule has 2 nitrogen and oxygen atoms in total. The third-order valence-corrected chi connectivity index (χ3v) is 5.44. The molecule has 0 saturated carbocycles. The first-order valence-electron chi connectivity index (χ1n) is 6.02. The second-order valence-corrected chi connectivity index (χ2v) is 7.20. The predicted molar refractivity (Wildman–Crippen MR) is 78.7 cm³/mol. The maximum absolute atomic E-state index is 9.51. The van der Waals surface area contributed by atoms with Gasteiger partial charge in [0.25, 0.3) is 0 Å². The molecule has 2 N–H and O–H groups in total. The molecule has 3 rings (SSSR count). The van der Waals surface area contributed by atoms with Crippen LogP contribution in [0.4, 0.5) is 5.69 Å². The molecule has 0 bridgehead atoms. The molecular formula is C14H15NOS2. The number of benzene rings is 1. The van der Waals surface area contributed by atoms with Crippen molar-refractivity contribution in [2.45, 2.75) is 28.8 Å². The molecule has 1 aromatic carbocycles. The molecule has 2 atom stereocenters. The number of fused-ring (bicyclic) bond motifs is 1. The molecule has 18 heavy (non-hydrogen) atoms. The Morgan fingerprint density at radius 3 is 3.06 bits per heavy atom. The highest BCUT2D eigenvalue weighted by molar-refractivity contribution is 8.01. The van der Waals surface area contributed by atoms with E-state index >= 15 is 0 Å². The Hall–Kier alpha value is -1.13. The van der Waals surface area contributed by atoms with Crippen molar-refractivity contribution in [1.82, 2.24) is 0 Å². The largest absolute Gasteiger partial charge is 0.508 e. The first kappa shape index (κ1) is 11.9. The van der Waals surface area contributed by atoms with E-state index in [1.807, 2.05) is 35.2 Å². The number of nitrogens with one attached hydrogen (secondary N) is 1. The molecule has 1 aliphatic heterocycles. The Labute approximate surface area is 115 Å². The second kappa shape index (κ2) is 4.86. The number of phenols is 1. The lowest BCUT2D eigenvalue weighted by molar-refractivity contribution is 0.475. The summed E-state index contributed by atoms with van der Waals surface area (Å²) in [5, 5.41) is 15.8. The molecule has 1 aliphatic rings. The number of rotatable bonds is 2. The minimum atomic E-state index is 0.309. The van der Waals surface area contributed by atoms with E-state index in [0.717, 1.165) is 12.1 Å². The molecule has 1 aromatic heterocycles. The number of thiophene rings is 1. The fourth-order valence-corrected chi connectivity index (χ4v) is 4.85. The van der Waals surface area contributed by atoms with Crippen LogP contribution in [-0.2, 0) is 0 Å². The number of hydrogen-bond donors (Lipinski definition) is 2. The maximum atomic E-state index is 9.51. The summed E-state index contributed by atoms with van der Waals surface area (Å²) in [5.74, 6) is 0.309. The van der Waals surface area contributed by atoms with E-state index in [9.17, 15) is 5.11 Å². The maximum Gasteiger partial charge on any atom is 0.117 e. The lowest BCUT2D eigenvalue weighted by Gasteiger charge is -2.28. The van der Waals surface area contributed by atoms with Gasteiger partial charge in [0.15, 0.2) is 0 Å². The average molecular weight is 277 g/mol. The van der Waals surface area contributed by atoms with Gasteiger partial charge in [-0.1, -0.05) is 13.0 Å². The lowest BCUT2D eigenvalue weighted by Crippen LogP contribution is -2.18. The van der Waals surface area contributed by atoms with Gasteiger partial charge < -0.3 is 10.4 Å². The van der Waals surface area contributed by atoms with E-state index in [-0.39, 0.29) is 0 Å². The number of hydrogen-bond acceptors (Lipinski definition) is 4. The van der Waals surface area contributed by atoms with Crippen LogP contribution in [0, 0.1) is 0 Å². The fourth-order valence-electron chi connectivity index (χ4n) is 2.28. The summed E-state index contributed by atoms with van der Waals surface area (Å²) in [5.41, 5.74) is 2.38. The summed E-state index contributed by atoms with van der Waals surface area (Å²) in [6.07, 6.45) is 1.12. The highest BCUT2D eigenvalue weighted by atomic mass is 32.2. The highest BCUT2D eigenvalue weighted by Crippen LogP contribution is 2.44. The minimum absolute atomic E-state index is 0.309. The van der Waals surface area contributed by atoms with Crippen molar-refractivity contribution in [1.29, 1.82) is 0 Å². The summed E-state index contributed by atoms with van der Waals surface area (Å²) in [7, 11) is 0. The van der Waals surface area contributed by atoms with Gasteiger partial charge >= 0.3 is 0 Å². The highest BCUT2D eigenvalue weighted by Gasteiger charge is 2.26. The van der Waals surface area contributed by atoms with Crippen LogP contribution in [0.15, 0.2) is 39.9 Å². The normalized spacial score (nSPS) is 22.5. The zero-order valence-electron chi connectivity index (χ0n) is 10.1. The monoisotopic (exact) mass is 277 g/mol. The Balaban J connectivity index is 1.86. The minimum Gasteiger partial charge on any atom is -0.508 e. The molecular weight excluding hydrogens is 262 g/mol. The van der Waals surface area contributed by atoms with Crippen LogP contribution in [0.3, 0.4) is 0 Å². The van der Waals surface area contributed by atoms with Crippen LogP contribution < -0.4 is 5.32 Å². The van der Waals surface area contributed by atoms with E-state index in [1.165, 1.54) is 9.77 Å². The zero-order chi connectivity index (χ0) is 12.5. The second-order valence-electron chi connectivity index (χ2n) is 4.57. The molecule has 0 aliphatic carbocycles. The molecule has 1 unspecified atom stereocenters. The summed E-state index contributed by atoms with van der Waals surface area (Å²) in [6, 6.07) is 9.90. The summed E-state index contributed by atoms with van der Waals surface area (Å²) < 4.78 is 1.42. The summed E-state index contributed by atoms with van der Waals surface area (Å²) in [4.78, 5) is 0. The van der Waals surface area contributed by atoms with Gasteiger partial charge in [-0.15, -0.1) is 23.1 Å². The molecule has 0 radical (unpaired) electrons. The molecule has 2 aromatic rings. The molecule has 94 valence electrons. The molecule has 4 heteroatoms. The predicted octanol–water partition coefficient (Wildman–Crippen LogP) is 4.49. The van der Waals surface area contributed by atoms with E-state index in [4.69, 9.17) is 0 Å². The lowest BCUT2D eigenvalue weighted by atomic mass is 10.0. The van der Waals surface area contributed by atoms with E-state index in [0.29, 0.717) is 17.0 Å². The van der Waals surface area contributed by atoms with Gasteiger partial charge in [0.1, 0.15) is 5.75 Å². The van der Waals surface area contributed by atoms with Gasteiger partial charge in [0.2, 0.25) is 0 Å². The van der Waals surface area contributed by atoms with Crippen LogP contribution in [0.25, 0.3) is 0 Å². The SMILES string of the molecule is C[C@H]1CC(Nc2cccc(O)c2)c2ccsc2S1. The van der Waals surface area contributed by atoms with Crippen molar-refractivity contribution in [3.05, 3.63) is 41.3 Å². The third kappa shape index (κ3) is 2.35. The number of phenolic OH excluding ortho intramolecular Hbond substituents is 1. The van der Waals surface area contributed by atoms with Gasteiger partial charge in [-0.05, 0) is 35.6 Å². The number of thioether (sulfide) groups is 1. The first-order valence-corrected chi connectivity index (χ1v) is 7.78. The number of anilines is 1. The fraction of sp³-hybridized carbons (Fsp3) is 0.286. The van der Waals surface area contributed by atoms with Crippen molar-refractivity contribution >= 4 is 28.8 Å². The summed E-state index contributed by atoms with van der Waals surface area (Å²) in [6.45, 7) is 2.27. The zero-order valence-corrected chi connectivity index (χ0v) is 11.7. The third-order valence-electron chi connectivity index (χ3n) is 3.10. The van der Waals surface area contributed by atoms with Gasteiger partial charge in [-0.25, -0.2) is 0 Å². The van der Waals surface area contributed by atoms with Crippen molar-refractivity contribution < 1.29 is 5.11 Å². The number of aromatic hydroxyl groups is 1. The quantitative estimate of drug-likeness (QED) is 0.848. The summed E-state index contributed by atoms with van der Waals surface area (Å²) >= 11 is 3.79. The van der Waals surface area contributed by atoms with Crippen LogP contribution in [-0.4, -0.2) is 10.4 Å². The van der Waals surface area contributed by atoms with Crippen LogP contribution >= 0.6 is 23.1 Å². The Kier molecular flexibility index (Phi) is 3.22. The van der Waals surface area contributed by atoms with Crippen LogP contribution in [0.5, 0.6) is 5.75 Å². The van der Waals surface area contributed by atoms with Gasteiger partial charge in [0, 0.05) is 17.0 Å². The molecule has 0 saturated heterocycles. The van der Waals surface area contributed by atoms with Crippen LogP contribution in [0.2, 0.25) is 0 Å².